The van der Waals surface area contributed by atoms with Gasteiger partial charge >= 0.3 is 5.97 Å². The summed E-state index contributed by atoms with van der Waals surface area (Å²) >= 11 is 0. The van der Waals surface area contributed by atoms with E-state index in [9.17, 15) is 18.8 Å². The molecule has 0 aliphatic heterocycles. The van der Waals surface area contributed by atoms with Crippen LogP contribution in [0, 0.1) is 19.7 Å². The number of rotatable bonds is 5. The molecule has 0 saturated carbocycles. The number of aromatic nitrogens is 3. The normalized spacial score (nSPS) is 11.0. The number of aromatic amines is 1. The lowest BCUT2D eigenvalue weighted by Crippen LogP contribution is -2.25. The lowest BCUT2D eigenvalue weighted by Gasteiger charge is -2.06. The summed E-state index contributed by atoms with van der Waals surface area (Å²) < 4.78 is 19.4. The average molecular weight is 371 g/mol. The smallest absolute Gasteiger partial charge is 0.340 e. The number of aryl methyl sites for hydroxylation is 1. The van der Waals surface area contributed by atoms with Crippen molar-refractivity contribution in [2.75, 3.05) is 6.61 Å². The van der Waals surface area contributed by atoms with Crippen molar-refractivity contribution in [1.29, 1.82) is 0 Å². The van der Waals surface area contributed by atoms with Crippen LogP contribution in [0.3, 0.4) is 0 Å². The molecule has 0 atom stereocenters. The van der Waals surface area contributed by atoms with Crippen LogP contribution >= 0.6 is 0 Å². The Morgan fingerprint density at radius 1 is 1.30 bits per heavy atom. The van der Waals surface area contributed by atoms with Crippen LogP contribution in [0.15, 0.2) is 29.3 Å². The van der Waals surface area contributed by atoms with Gasteiger partial charge in [-0.1, -0.05) is 0 Å². The summed E-state index contributed by atoms with van der Waals surface area (Å²) in [6, 6.07) is 3.67. The molecule has 0 amide bonds. The second-order valence-electron chi connectivity index (χ2n) is 6.11. The third-order valence-corrected chi connectivity index (χ3v) is 4.30. The Morgan fingerprint density at radius 3 is 2.74 bits per heavy atom. The van der Waals surface area contributed by atoms with E-state index in [0.717, 1.165) is 10.6 Å². The first kappa shape index (κ1) is 18.5. The molecule has 0 radical (unpaired) electrons. The molecule has 27 heavy (non-hydrogen) atoms. The van der Waals surface area contributed by atoms with Gasteiger partial charge in [0.15, 0.2) is 5.78 Å². The molecule has 7 nitrogen and oxygen atoms in total. The van der Waals surface area contributed by atoms with Gasteiger partial charge in [0.2, 0.25) is 0 Å². The highest BCUT2D eigenvalue weighted by molar-refractivity contribution is 6.01. The second-order valence-corrected chi connectivity index (χ2v) is 6.11. The average Bonchev–Trinajstić information content (AvgIpc) is 2.92. The number of hydrogen-bond acceptors (Lipinski definition) is 5. The molecule has 3 rings (SSSR count). The van der Waals surface area contributed by atoms with Crippen LogP contribution < -0.4 is 5.56 Å². The van der Waals surface area contributed by atoms with E-state index in [1.165, 1.54) is 18.5 Å². The maximum absolute atomic E-state index is 13.3. The van der Waals surface area contributed by atoms with Crippen molar-refractivity contribution < 1.29 is 18.7 Å². The second kappa shape index (κ2) is 7.14. The minimum absolute atomic E-state index is 0.221. The van der Waals surface area contributed by atoms with Gasteiger partial charge in [0.25, 0.3) is 5.56 Å². The van der Waals surface area contributed by atoms with Gasteiger partial charge in [-0.15, -0.1) is 0 Å². The lowest BCUT2D eigenvalue weighted by molar-refractivity contribution is 0.0525. The first-order valence-electron chi connectivity index (χ1n) is 8.37. The number of ether oxygens (including phenoxy) is 1. The number of H-pyrrole nitrogens is 1. The minimum Gasteiger partial charge on any atom is -0.462 e. The minimum atomic E-state index is -0.505. The fourth-order valence-corrected chi connectivity index (χ4v) is 3.02. The number of hydrogen-bond donors (Lipinski definition) is 1. The molecule has 140 valence electrons. The zero-order valence-electron chi connectivity index (χ0n) is 15.1. The predicted molar refractivity (Wildman–Crippen MR) is 96.5 cm³/mol. The molecule has 0 spiro atoms. The summed E-state index contributed by atoms with van der Waals surface area (Å²) in [5.74, 6) is -1.38. The Kier molecular flexibility index (Phi) is 4.89. The van der Waals surface area contributed by atoms with Gasteiger partial charge in [-0.3, -0.25) is 14.2 Å². The topological polar surface area (TPSA) is 94.1 Å². The van der Waals surface area contributed by atoms with E-state index in [0.29, 0.717) is 16.8 Å². The van der Waals surface area contributed by atoms with Crippen molar-refractivity contribution in [2.45, 2.75) is 27.3 Å². The number of carbonyl (C=O) groups is 2. The number of benzene rings is 1. The van der Waals surface area contributed by atoms with Gasteiger partial charge in [0, 0.05) is 11.8 Å². The third kappa shape index (κ3) is 3.38. The number of Topliss-reactive ketones (excluding diaryl/α,β-unsaturated/α-hetero) is 1. The molecular formula is C19H18FN3O4. The predicted octanol–water partition coefficient (Wildman–Crippen LogP) is 2.54. The van der Waals surface area contributed by atoms with Crippen LogP contribution in [0.25, 0.3) is 10.9 Å². The van der Waals surface area contributed by atoms with Crippen molar-refractivity contribution in [3.63, 3.8) is 0 Å². The van der Waals surface area contributed by atoms with Crippen molar-refractivity contribution in [1.82, 2.24) is 14.5 Å². The number of esters is 1. The summed E-state index contributed by atoms with van der Waals surface area (Å²) in [4.78, 5) is 44.2. The van der Waals surface area contributed by atoms with Gasteiger partial charge in [0.05, 0.1) is 41.6 Å². The van der Waals surface area contributed by atoms with Crippen LogP contribution in [0.4, 0.5) is 4.39 Å². The highest BCUT2D eigenvalue weighted by Gasteiger charge is 2.23. The first-order chi connectivity index (χ1) is 12.8. The quantitative estimate of drug-likeness (QED) is 0.549. The monoisotopic (exact) mass is 371 g/mol. The first-order valence-corrected chi connectivity index (χ1v) is 8.37. The molecule has 8 heteroatoms. The highest BCUT2D eigenvalue weighted by atomic mass is 19.1. The molecule has 0 aliphatic rings. The molecule has 2 aromatic heterocycles. The van der Waals surface area contributed by atoms with Crippen molar-refractivity contribution in [3.05, 3.63) is 63.2 Å². The molecule has 0 unspecified atom stereocenters. The number of halogens is 1. The zero-order valence-corrected chi connectivity index (χ0v) is 15.1. The Bertz CT molecular complexity index is 1110. The van der Waals surface area contributed by atoms with Crippen LogP contribution in [0.5, 0.6) is 0 Å². The maximum atomic E-state index is 13.3. The van der Waals surface area contributed by atoms with E-state index >= 15 is 0 Å². The number of nitrogens with one attached hydrogen (secondary N) is 1. The van der Waals surface area contributed by atoms with Crippen LogP contribution in [0.2, 0.25) is 0 Å². The van der Waals surface area contributed by atoms with Gasteiger partial charge in [-0.2, -0.15) is 0 Å². The number of nitrogens with zero attached hydrogens (tertiary/aromatic N) is 2. The van der Waals surface area contributed by atoms with E-state index in [1.807, 2.05) is 0 Å². The highest BCUT2D eigenvalue weighted by Crippen LogP contribution is 2.20. The number of ketones is 1. The van der Waals surface area contributed by atoms with E-state index in [-0.39, 0.29) is 35.5 Å². The molecule has 0 aliphatic carbocycles. The molecule has 0 saturated heterocycles. The van der Waals surface area contributed by atoms with Crippen molar-refractivity contribution >= 4 is 22.7 Å². The van der Waals surface area contributed by atoms with Crippen molar-refractivity contribution in [2.24, 2.45) is 0 Å². The zero-order chi connectivity index (χ0) is 19.7. The van der Waals surface area contributed by atoms with Gasteiger partial charge < -0.3 is 9.72 Å². The third-order valence-electron chi connectivity index (χ3n) is 4.30. The van der Waals surface area contributed by atoms with Crippen LogP contribution in [0.1, 0.15) is 39.0 Å². The fraction of sp³-hybridized carbons (Fsp3) is 0.263. The fourth-order valence-electron chi connectivity index (χ4n) is 3.02. The van der Waals surface area contributed by atoms with Gasteiger partial charge in [-0.25, -0.2) is 14.2 Å². The molecule has 0 bridgehead atoms. The SMILES string of the molecule is CCOC(=O)c1c(C)[nH]c(C(=O)Cn2cnc3cc(F)ccc3c2=O)c1C. The van der Waals surface area contributed by atoms with Crippen LogP contribution in [-0.2, 0) is 11.3 Å². The number of carbonyl (C=O) groups excluding carboxylic acids is 2. The standard InChI is InChI=1S/C19H18FN3O4/c1-4-27-19(26)16-10(2)17(22-11(16)3)15(24)8-23-9-21-14-7-12(20)5-6-13(14)18(23)25/h5-7,9,22H,4,8H2,1-3H3. The molecule has 3 aromatic rings. The molecule has 2 heterocycles. The summed E-state index contributed by atoms with van der Waals surface area (Å²) in [6.45, 7) is 4.99. The summed E-state index contributed by atoms with van der Waals surface area (Å²) in [6.07, 6.45) is 1.21. The Balaban J connectivity index is 1.95. The van der Waals surface area contributed by atoms with E-state index in [2.05, 4.69) is 9.97 Å². The largest absolute Gasteiger partial charge is 0.462 e. The molecular weight excluding hydrogens is 353 g/mol. The summed E-state index contributed by atoms with van der Waals surface area (Å²) in [7, 11) is 0. The maximum Gasteiger partial charge on any atom is 0.340 e. The molecule has 1 aromatic carbocycles. The van der Waals surface area contributed by atoms with E-state index in [4.69, 9.17) is 4.74 Å². The summed E-state index contributed by atoms with van der Waals surface area (Å²) in [5, 5.41) is 0.221. The lowest BCUT2D eigenvalue weighted by atomic mass is 10.1. The van der Waals surface area contributed by atoms with E-state index in [1.54, 1.807) is 20.8 Å². The van der Waals surface area contributed by atoms with Gasteiger partial charge in [-0.05, 0) is 38.5 Å². The Labute approximate surface area is 153 Å². The Hall–Kier alpha value is -3.29. The van der Waals surface area contributed by atoms with Gasteiger partial charge in [0.1, 0.15) is 5.82 Å². The molecule has 0 fully saturated rings. The van der Waals surface area contributed by atoms with Crippen LogP contribution in [-0.4, -0.2) is 32.9 Å². The van der Waals surface area contributed by atoms with E-state index < -0.39 is 17.3 Å². The number of fused-ring (bicyclic) bond motifs is 1. The summed E-state index contributed by atoms with van der Waals surface area (Å²) in [5.41, 5.74) is 1.33. The van der Waals surface area contributed by atoms with Crippen molar-refractivity contribution in [3.8, 4) is 0 Å². The molecule has 1 N–H and O–H groups in total. The Morgan fingerprint density at radius 2 is 2.04 bits per heavy atom.